The molecule has 0 spiro atoms. The highest BCUT2D eigenvalue weighted by molar-refractivity contribution is 5.85. The number of rotatable bonds is 3. The van der Waals surface area contributed by atoms with Crippen LogP contribution in [0.2, 0.25) is 0 Å². The van der Waals surface area contributed by atoms with Crippen molar-refractivity contribution in [2.75, 3.05) is 5.32 Å². The predicted molar refractivity (Wildman–Crippen MR) is 64.0 cm³/mol. The van der Waals surface area contributed by atoms with E-state index in [0.717, 1.165) is 0 Å². The summed E-state index contributed by atoms with van der Waals surface area (Å²) < 4.78 is 0. The van der Waals surface area contributed by atoms with E-state index in [2.05, 4.69) is 43.2 Å². The topological polar surface area (TPSA) is 75.1 Å². The fraction of sp³-hybridized carbons (Fsp3) is 0.583. The average Bonchev–Trinajstić information content (AvgIpc) is 2.62. The number of carboxylic acid groups (broad SMARTS) is 1. The van der Waals surface area contributed by atoms with E-state index < -0.39 is 5.97 Å². The predicted octanol–water partition coefficient (Wildman–Crippen LogP) is 2.02. The van der Waals surface area contributed by atoms with E-state index in [4.69, 9.17) is 5.11 Å². The van der Waals surface area contributed by atoms with E-state index in [-0.39, 0.29) is 16.5 Å². The molecule has 92 valence electrons. The first kappa shape index (κ1) is 11.8. The zero-order chi connectivity index (χ0) is 12.8. The highest BCUT2D eigenvalue weighted by Crippen LogP contribution is 2.63. The summed E-state index contributed by atoms with van der Waals surface area (Å²) in [4.78, 5) is 10.6. The Kier molecular flexibility index (Phi) is 2.38. The van der Waals surface area contributed by atoms with Gasteiger partial charge in [-0.2, -0.15) is 0 Å². The largest absolute Gasteiger partial charge is 0.476 e. The van der Waals surface area contributed by atoms with Gasteiger partial charge < -0.3 is 10.4 Å². The highest BCUT2D eigenvalue weighted by atomic mass is 16.4. The molecule has 0 aromatic carbocycles. The smallest absolute Gasteiger partial charge is 0.356 e. The van der Waals surface area contributed by atoms with Crippen LogP contribution in [0.15, 0.2) is 12.1 Å². The average molecular weight is 235 g/mol. The van der Waals surface area contributed by atoms with Crippen molar-refractivity contribution < 1.29 is 9.90 Å². The van der Waals surface area contributed by atoms with E-state index in [1.807, 2.05) is 0 Å². The molecule has 2 rings (SSSR count). The maximum atomic E-state index is 10.6. The molecule has 0 unspecified atom stereocenters. The Morgan fingerprint density at radius 1 is 1.24 bits per heavy atom. The van der Waals surface area contributed by atoms with Crippen molar-refractivity contribution in [3.63, 3.8) is 0 Å². The Hall–Kier alpha value is -1.65. The first-order valence-electron chi connectivity index (χ1n) is 5.60. The molecule has 1 fully saturated rings. The molecular formula is C12H17N3O2. The fourth-order valence-corrected chi connectivity index (χ4v) is 2.23. The fourth-order valence-electron chi connectivity index (χ4n) is 2.23. The van der Waals surface area contributed by atoms with E-state index in [1.165, 1.54) is 6.07 Å². The van der Waals surface area contributed by atoms with Gasteiger partial charge in [0.15, 0.2) is 5.69 Å². The monoisotopic (exact) mass is 235 g/mol. The minimum Gasteiger partial charge on any atom is -0.476 e. The van der Waals surface area contributed by atoms with Gasteiger partial charge in [-0.25, -0.2) is 4.79 Å². The first-order chi connectivity index (χ1) is 7.76. The van der Waals surface area contributed by atoms with Crippen molar-refractivity contribution in [3.05, 3.63) is 17.8 Å². The SMILES string of the molecule is CC1(C)C(Nc2ccc(C(=O)O)nn2)C1(C)C. The number of aromatic nitrogens is 2. The van der Waals surface area contributed by atoms with E-state index in [1.54, 1.807) is 6.07 Å². The summed E-state index contributed by atoms with van der Waals surface area (Å²) in [5.74, 6) is -0.435. The van der Waals surface area contributed by atoms with Crippen molar-refractivity contribution in [2.45, 2.75) is 33.7 Å². The molecule has 1 heterocycles. The number of nitrogens with one attached hydrogen (secondary N) is 1. The molecule has 1 aromatic rings. The van der Waals surface area contributed by atoms with Crippen LogP contribution in [-0.4, -0.2) is 27.3 Å². The van der Waals surface area contributed by atoms with Gasteiger partial charge in [0.2, 0.25) is 0 Å². The summed E-state index contributed by atoms with van der Waals surface area (Å²) in [7, 11) is 0. The molecule has 5 nitrogen and oxygen atoms in total. The molecule has 0 saturated heterocycles. The van der Waals surface area contributed by atoms with Crippen LogP contribution in [-0.2, 0) is 0 Å². The third-order valence-electron chi connectivity index (χ3n) is 4.20. The molecule has 0 amide bonds. The lowest BCUT2D eigenvalue weighted by molar-refractivity contribution is 0.0689. The Morgan fingerprint density at radius 3 is 2.18 bits per heavy atom. The summed E-state index contributed by atoms with van der Waals surface area (Å²) in [6.07, 6.45) is 0. The number of nitrogens with zero attached hydrogens (tertiary/aromatic N) is 2. The summed E-state index contributed by atoms with van der Waals surface area (Å²) in [6, 6.07) is 3.45. The van der Waals surface area contributed by atoms with Crippen molar-refractivity contribution in [2.24, 2.45) is 10.8 Å². The third kappa shape index (κ3) is 1.75. The van der Waals surface area contributed by atoms with Gasteiger partial charge in [0, 0.05) is 6.04 Å². The van der Waals surface area contributed by atoms with Crippen LogP contribution in [0.4, 0.5) is 5.82 Å². The maximum absolute atomic E-state index is 10.6. The van der Waals surface area contributed by atoms with Gasteiger partial charge in [0.25, 0.3) is 0 Å². The molecule has 0 bridgehead atoms. The Balaban J connectivity index is 2.09. The van der Waals surface area contributed by atoms with Gasteiger partial charge in [-0.3, -0.25) is 0 Å². The molecule has 0 radical (unpaired) electrons. The lowest BCUT2D eigenvalue weighted by Gasteiger charge is -2.06. The molecule has 0 atom stereocenters. The number of hydrogen-bond donors (Lipinski definition) is 2. The second kappa shape index (κ2) is 3.42. The minimum atomic E-state index is -1.06. The first-order valence-corrected chi connectivity index (χ1v) is 5.60. The zero-order valence-corrected chi connectivity index (χ0v) is 10.5. The van der Waals surface area contributed by atoms with Crippen molar-refractivity contribution in [3.8, 4) is 0 Å². The Labute approximate surface area is 100 Å². The summed E-state index contributed by atoms with van der Waals surface area (Å²) in [6.45, 7) is 8.79. The lowest BCUT2D eigenvalue weighted by Crippen LogP contribution is -2.12. The van der Waals surface area contributed by atoms with Gasteiger partial charge in [-0.1, -0.05) is 27.7 Å². The summed E-state index contributed by atoms with van der Waals surface area (Å²) in [5.41, 5.74) is 0.380. The molecule has 1 aliphatic carbocycles. The van der Waals surface area contributed by atoms with Crippen LogP contribution in [0.25, 0.3) is 0 Å². The normalized spacial score (nSPS) is 20.9. The van der Waals surface area contributed by atoms with Crippen LogP contribution in [0.3, 0.4) is 0 Å². The van der Waals surface area contributed by atoms with Gasteiger partial charge in [-0.15, -0.1) is 10.2 Å². The van der Waals surface area contributed by atoms with Crippen LogP contribution in [0.1, 0.15) is 38.2 Å². The van der Waals surface area contributed by atoms with E-state index in [0.29, 0.717) is 11.9 Å². The van der Waals surface area contributed by atoms with Crippen LogP contribution in [0, 0.1) is 10.8 Å². The third-order valence-corrected chi connectivity index (χ3v) is 4.20. The second-order valence-corrected chi connectivity index (χ2v) is 5.63. The number of anilines is 1. The molecule has 1 saturated carbocycles. The number of aromatic carboxylic acids is 1. The summed E-state index contributed by atoms with van der Waals surface area (Å²) in [5, 5.41) is 19.5. The van der Waals surface area contributed by atoms with Crippen molar-refractivity contribution in [1.82, 2.24) is 10.2 Å². The molecule has 2 N–H and O–H groups in total. The Morgan fingerprint density at radius 2 is 1.82 bits per heavy atom. The van der Waals surface area contributed by atoms with Gasteiger partial charge in [0.05, 0.1) is 0 Å². The number of carboxylic acids is 1. The lowest BCUT2D eigenvalue weighted by atomic mass is 10.0. The van der Waals surface area contributed by atoms with Crippen molar-refractivity contribution in [1.29, 1.82) is 0 Å². The number of hydrogen-bond acceptors (Lipinski definition) is 4. The van der Waals surface area contributed by atoms with Crippen LogP contribution >= 0.6 is 0 Å². The van der Waals surface area contributed by atoms with Gasteiger partial charge >= 0.3 is 5.97 Å². The van der Waals surface area contributed by atoms with Crippen LogP contribution in [0.5, 0.6) is 0 Å². The van der Waals surface area contributed by atoms with Gasteiger partial charge in [0.1, 0.15) is 5.82 Å². The van der Waals surface area contributed by atoms with Crippen LogP contribution < -0.4 is 5.32 Å². The molecule has 5 heteroatoms. The maximum Gasteiger partial charge on any atom is 0.356 e. The quantitative estimate of drug-likeness (QED) is 0.838. The number of carbonyl (C=O) groups is 1. The molecular weight excluding hydrogens is 218 g/mol. The molecule has 1 aliphatic rings. The zero-order valence-electron chi connectivity index (χ0n) is 10.5. The minimum absolute atomic E-state index is 0.0372. The van der Waals surface area contributed by atoms with Gasteiger partial charge in [-0.05, 0) is 23.0 Å². The standard InChI is InChI=1S/C12H17N3O2/c1-11(2)10(12(11,3)4)13-8-6-5-7(9(16)17)14-15-8/h5-6,10H,1-4H3,(H,13,15)(H,16,17). The molecule has 1 aromatic heterocycles. The summed E-state index contributed by atoms with van der Waals surface area (Å²) >= 11 is 0. The van der Waals surface area contributed by atoms with E-state index >= 15 is 0 Å². The second-order valence-electron chi connectivity index (χ2n) is 5.63. The Bertz CT molecular complexity index is 437. The molecule has 17 heavy (non-hydrogen) atoms. The molecule has 0 aliphatic heterocycles. The van der Waals surface area contributed by atoms with Crippen molar-refractivity contribution >= 4 is 11.8 Å². The van der Waals surface area contributed by atoms with E-state index in [9.17, 15) is 4.79 Å². The highest BCUT2D eigenvalue weighted by Gasteiger charge is 2.65.